The van der Waals surface area contributed by atoms with E-state index >= 15 is 0 Å². The molecular weight excluding hydrogens is 697 g/mol. The van der Waals surface area contributed by atoms with Crippen LogP contribution < -0.4 is 26.0 Å². The van der Waals surface area contributed by atoms with Gasteiger partial charge in [-0.1, -0.05) is 99.3 Å². The van der Waals surface area contributed by atoms with Crippen LogP contribution in [-0.4, -0.2) is 91.3 Å². The van der Waals surface area contributed by atoms with Crippen LogP contribution in [0.15, 0.2) is 84.0 Å². The Hall–Kier alpha value is -4.83. The van der Waals surface area contributed by atoms with Gasteiger partial charge < -0.3 is 30.9 Å². The second-order valence-electron chi connectivity index (χ2n) is 14.2. The van der Waals surface area contributed by atoms with Crippen molar-refractivity contribution < 1.29 is 29.3 Å². The van der Waals surface area contributed by atoms with Gasteiger partial charge >= 0.3 is 0 Å². The van der Waals surface area contributed by atoms with Crippen molar-refractivity contribution in [3.8, 4) is 5.75 Å². The first-order valence-corrected chi connectivity index (χ1v) is 18.4. The summed E-state index contributed by atoms with van der Waals surface area (Å²) < 4.78 is 6.73. The van der Waals surface area contributed by atoms with Crippen LogP contribution in [0.25, 0.3) is 0 Å². The molecule has 0 bridgehead atoms. The second-order valence-corrected chi connectivity index (χ2v) is 15.1. The van der Waals surface area contributed by atoms with Gasteiger partial charge in [-0.3, -0.25) is 19.7 Å². The number of ether oxygens (including phenoxy) is 1. The van der Waals surface area contributed by atoms with Gasteiger partial charge in [0.1, 0.15) is 17.8 Å². The third-order valence-electron chi connectivity index (χ3n) is 9.20. The van der Waals surface area contributed by atoms with Gasteiger partial charge in [0, 0.05) is 20.0 Å². The zero-order valence-corrected chi connectivity index (χ0v) is 31.3. The van der Waals surface area contributed by atoms with Gasteiger partial charge in [-0.25, -0.2) is 4.68 Å². The number of hydrogen-bond donors (Lipinski definition) is 6. The van der Waals surface area contributed by atoms with Crippen LogP contribution >= 0.6 is 11.8 Å². The largest absolute Gasteiger partial charge is 0.497 e. The van der Waals surface area contributed by atoms with E-state index in [2.05, 4.69) is 36.8 Å². The molecule has 3 aromatic carbocycles. The fraction of sp³-hybridized carbons (Fsp3) is 0.421. The molecule has 282 valence electrons. The Morgan fingerprint density at radius 1 is 0.962 bits per heavy atom. The number of aromatic nitrogens is 4. The Kier molecular flexibility index (Phi) is 13.2. The van der Waals surface area contributed by atoms with Crippen LogP contribution in [0.2, 0.25) is 0 Å². The molecule has 5 rings (SSSR count). The summed E-state index contributed by atoms with van der Waals surface area (Å²) in [5.41, 5.74) is 2.66. The fourth-order valence-electron chi connectivity index (χ4n) is 6.31. The SMILES string of the molecule is COc1ccc(CN[C@@H](C(=O)NC2c3ccccc3CC2O)[C@H](O)[C@H](Cc2ccccc2)NC(=O)[C@@H](NC(=O)CSc2nnnn2C)C(C)(C)C)cc1. The molecule has 1 aliphatic rings. The molecule has 4 aromatic rings. The van der Waals surface area contributed by atoms with Crippen molar-refractivity contribution in [2.75, 3.05) is 12.9 Å². The Bertz CT molecular complexity index is 1830. The number of methoxy groups -OCH3 is 1. The third kappa shape index (κ3) is 10.4. The van der Waals surface area contributed by atoms with Crippen molar-refractivity contribution in [3.05, 3.63) is 101 Å². The molecule has 0 saturated carbocycles. The Labute approximate surface area is 313 Å². The number of amides is 3. The molecule has 53 heavy (non-hydrogen) atoms. The van der Waals surface area contributed by atoms with Crippen molar-refractivity contribution >= 4 is 29.5 Å². The highest BCUT2D eigenvalue weighted by Gasteiger charge is 2.40. The Morgan fingerprint density at radius 2 is 1.66 bits per heavy atom. The van der Waals surface area contributed by atoms with Crippen molar-refractivity contribution in [2.45, 2.75) is 81.7 Å². The van der Waals surface area contributed by atoms with Crippen LogP contribution in [0.3, 0.4) is 0 Å². The van der Waals surface area contributed by atoms with Crippen LogP contribution in [0, 0.1) is 5.41 Å². The van der Waals surface area contributed by atoms with E-state index in [1.54, 1.807) is 26.3 Å². The molecule has 1 aliphatic carbocycles. The lowest BCUT2D eigenvalue weighted by Gasteiger charge is -2.35. The summed E-state index contributed by atoms with van der Waals surface area (Å²) in [6, 6.07) is 20.3. The molecule has 6 N–H and O–H groups in total. The minimum Gasteiger partial charge on any atom is -0.497 e. The molecular formula is C38H48N8O6S. The number of rotatable bonds is 16. The van der Waals surface area contributed by atoms with E-state index in [0.29, 0.717) is 17.3 Å². The van der Waals surface area contributed by atoms with Gasteiger partial charge in [0.2, 0.25) is 22.9 Å². The summed E-state index contributed by atoms with van der Waals surface area (Å²) in [5.74, 6) is -0.826. The standard InChI is InChI=1S/C38H48N8O6S/c1-38(2,3)34(41-30(48)22-53-37-43-44-45-46(37)4)36(51)40-28(19-23-11-7-6-8-12-23)33(49)32(39-21-24-15-17-26(52-5)18-16-24)35(50)42-31-27-14-10-9-13-25(27)20-29(31)47/h6-18,28-29,31-34,39,47,49H,19-22H2,1-5H3,(H,40,51)(H,41,48)(H,42,50)/t28-,29?,31?,32+,33+,34+/m0/s1. The summed E-state index contributed by atoms with van der Waals surface area (Å²) >= 11 is 1.13. The van der Waals surface area contributed by atoms with Crippen molar-refractivity contribution in [1.82, 2.24) is 41.5 Å². The molecule has 1 aromatic heterocycles. The fourth-order valence-corrected chi connectivity index (χ4v) is 6.97. The number of hydrogen-bond acceptors (Lipinski definition) is 11. The molecule has 0 spiro atoms. The number of tetrazole rings is 1. The molecule has 0 saturated heterocycles. The third-order valence-corrected chi connectivity index (χ3v) is 10.2. The first kappa shape index (κ1) is 39.4. The maximum absolute atomic E-state index is 14.2. The summed E-state index contributed by atoms with van der Waals surface area (Å²) in [6.07, 6.45) is -1.75. The molecule has 1 heterocycles. The summed E-state index contributed by atoms with van der Waals surface area (Å²) in [6.45, 7) is 5.69. The molecule has 2 unspecified atom stereocenters. The average molecular weight is 745 g/mol. The minimum absolute atomic E-state index is 0.0299. The van der Waals surface area contributed by atoms with Gasteiger partial charge in [0.05, 0.1) is 37.2 Å². The lowest BCUT2D eigenvalue weighted by Crippen LogP contribution is -2.62. The smallest absolute Gasteiger partial charge is 0.243 e. The summed E-state index contributed by atoms with van der Waals surface area (Å²) in [4.78, 5) is 41.5. The zero-order valence-electron chi connectivity index (χ0n) is 30.5. The maximum atomic E-state index is 14.2. The number of nitrogens with one attached hydrogen (secondary N) is 4. The predicted molar refractivity (Wildman–Crippen MR) is 200 cm³/mol. The predicted octanol–water partition coefficient (Wildman–Crippen LogP) is 1.86. The summed E-state index contributed by atoms with van der Waals surface area (Å²) in [5, 5.41) is 46.9. The normalized spacial score (nSPS) is 17.6. The molecule has 15 heteroatoms. The molecule has 0 radical (unpaired) electrons. The van der Waals surface area contributed by atoms with E-state index in [1.165, 1.54) is 4.68 Å². The minimum atomic E-state index is -1.46. The van der Waals surface area contributed by atoms with E-state index in [-0.39, 0.29) is 18.7 Å². The van der Waals surface area contributed by atoms with E-state index in [0.717, 1.165) is 34.0 Å². The highest BCUT2D eigenvalue weighted by Crippen LogP contribution is 2.31. The molecule has 14 nitrogen and oxygen atoms in total. The molecule has 6 atom stereocenters. The van der Waals surface area contributed by atoms with Gasteiger partial charge in [-0.15, -0.1) is 5.10 Å². The number of carbonyl (C=O) groups is 3. The number of aliphatic hydroxyl groups is 2. The summed E-state index contributed by atoms with van der Waals surface area (Å²) in [7, 11) is 3.24. The van der Waals surface area contributed by atoms with E-state index in [9.17, 15) is 24.6 Å². The average Bonchev–Trinajstić information content (AvgIpc) is 3.70. The van der Waals surface area contributed by atoms with Crippen LogP contribution in [0.5, 0.6) is 5.75 Å². The van der Waals surface area contributed by atoms with Crippen molar-refractivity contribution in [3.63, 3.8) is 0 Å². The molecule has 3 amide bonds. The number of carbonyl (C=O) groups excluding carboxylic acids is 3. The first-order chi connectivity index (χ1) is 25.3. The lowest BCUT2D eigenvalue weighted by molar-refractivity contribution is -0.133. The Morgan fingerprint density at radius 3 is 2.32 bits per heavy atom. The lowest BCUT2D eigenvalue weighted by atomic mass is 9.85. The molecule has 0 fully saturated rings. The van der Waals surface area contributed by atoms with Gasteiger partial charge in [0.15, 0.2) is 0 Å². The quantitative estimate of drug-likeness (QED) is 0.0919. The van der Waals surface area contributed by atoms with Gasteiger partial charge in [-0.05, 0) is 56.6 Å². The van der Waals surface area contributed by atoms with Crippen molar-refractivity contribution in [1.29, 1.82) is 0 Å². The van der Waals surface area contributed by atoms with E-state index in [4.69, 9.17) is 4.74 Å². The van der Waals surface area contributed by atoms with Crippen molar-refractivity contribution in [2.24, 2.45) is 12.5 Å². The number of nitrogens with zero attached hydrogens (tertiary/aromatic N) is 4. The van der Waals surface area contributed by atoms with E-state index in [1.807, 2.05) is 87.5 Å². The monoisotopic (exact) mass is 744 g/mol. The highest BCUT2D eigenvalue weighted by atomic mass is 32.2. The zero-order chi connectivity index (χ0) is 38.1. The van der Waals surface area contributed by atoms with Crippen LogP contribution in [0.1, 0.15) is 49.1 Å². The second kappa shape index (κ2) is 17.8. The Balaban J connectivity index is 1.40. The van der Waals surface area contributed by atoms with Crippen LogP contribution in [-0.2, 0) is 40.8 Å². The van der Waals surface area contributed by atoms with Gasteiger partial charge in [0.25, 0.3) is 0 Å². The molecule has 0 aliphatic heterocycles. The highest BCUT2D eigenvalue weighted by molar-refractivity contribution is 7.99. The topological polar surface area (TPSA) is 193 Å². The number of aryl methyl sites for hydroxylation is 1. The van der Waals surface area contributed by atoms with Gasteiger partial charge in [-0.2, -0.15) is 0 Å². The van der Waals surface area contributed by atoms with E-state index < -0.39 is 59.5 Å². The first-order valence-electron chi connectivity index (χ1n) is 17.4. The number of benzene rings is 3. The number of fused-ring (bicyclic) bond motifs is 1. The number of aliphatic hydroxyl groups excluding tert-OH is 2. The van der Waals surface area contributed by atoms with Crippen LogP contribution in [0.4, 0.5) is 0 Å². The number of thioether (sulfide) groups is 1. The maximum Gasteiger partial charge on any atom is 0.243 e.